The van der Waals surface area contributed by atoms with Crippen molar-refractivity contribution in [1.29, 1.82) is 0 Å². The molecule has 1 aromatic carbocycles. The van der Waals surface area contributed by atoms with Crippen molar-refractivity contribution in [1.82, 2.24) is 25.2 Å². The number of hydrogen-bond donors (Lipinski definition) is 1. The van der Waals surface area contributed by atoms with Gasteiger partial charge in [-0.05, 0) is 26.0 Å². The van der Waals surface area contributed by atoms with E-state index in [1.807, 2.05) is 41.2 Å². The average molecular weight is 271 g/mol. The van der Waals surface area contributed by atoms with Gasteiger partial charge in [0.05, 0.1) is 17.6 Å². The molecule has 3 rings (SSSR count). The highest BCUT2D eigenvalue weighted by Crippen LogP contribution is 2.12. The highest BCUT2D eigenvalue weighted by Gasteiger charge is 2.23. The maximum Gasteiger partial charge on any atom is 0.0971 e. The summed E-state index contributed by atoms with van der Waals surface area (Å²) < 4.78 is 1.84. The molecule has 5 nitrogen and oxygen atoms in total. The van der Waals surface area contributed by atoms with E-state index in [1.165, 1.54) is 0 Å². The lowest BCUT2D eigenvalue weighted by atomic mass is 10.1. The Labute approximate surface area is 119 Å². The highest BCUT2D eigenvalue weighted by molar-refractivity contribution is 5.29. The zero-order valence-electron chi connectivity index (χ0n) is 12.0. The third-order valence-corrected chi connectivity index (χ3v) is 3.82. The van der Waals surface area contributed by atoms with Crippen LogP contribution in [0.25, 0.3) is 5.69 Å². The molecule has 1 fully saturated rings. The molecule has 2 aromatic rings. The maximum atomic E-state index is 4.30. The van der Waals surface area contributed by atoms with E-state index >= 15 is 0 Å². The number of para-hydroxylation sites is 1. The Morgan fingerprint density at radius 3 is 2.85 bits per heavy atom. The lowest BCUT2D eigenvalue weighted by molar-refractivity contribution is 0.137. The minimum atomic E-state index is 0.535. The number of hydrogen-bond acceptors (Lipinski definition) is 4. The normalized spacial score (nSPS) is 23.9. The van der Waals surface area contributed by atoms with Crippen molar-refractivity contribution in [3.8, 4) is 5.69 Å². The lowest BCUT2D eigenvalue weighted by Crippen LogP contribution is -2.53. The SMILES string of the molecule is CC1CN(Cc2cn(-c3ccccc3)nn2)C(C)CN1. The van der Waals surface area contributed by atoms with E-state index < -0.39 is 0 Å². The Morgan fingerprint density at radius 2 is 2.05 bits per heavy atom. The van der Waals surface area contributed by atoms with E-state index in [1.54, 1.807) is 0 Å². The monoisotopic (exact) mass is 271 g/mol. The fraction of sp³-hybridized carbons (Fsp3) is 0.467. The lowest BCUT2D eigenvalue weighted by Gasteiger charge is -2.36. The van der Waals surface area contributed by atoms with Gasteiger partial charge in [0.1, 0.15) is 0 Å². The molecule has 0 bridgehead atoms. The molecule has 2 atom stereocenters. The van der Waals surface area contributed by atoms with Gasteiger partial charge in [0.15, 0.2) is 0 Å². The van der Waals surface area contributed by atoms with Gasteiger partial charge in [0.25, 0.3) is 0 Å². The molecule has 1 saturated heterocycles. The van der Waals surface area contributed by atoms with Crippen LogP contribution in [0.2, 0.25) is 0 Å². The Bertz CT molecular complexity index is 550. The van der Waals surface area contributed by atoms with Crippen LogP contribution in [-0.2, 0) is 6.54 Å². The summed E-state index contributed by atoms with van der Waals surface area (Å²) in [5.41, 5.74) is 2.07. The fourth-order valence-electron chi connectivity index (χ4n) is 2.60. The number of aromatic nitrogens is 3. The van der Waals surface area contributed by atoms with Gasteiger partial charge in [-0.3, -0.25) is 4.90 Å². The van der Waals surface area contributed by atoms with Crippen LogP contribution in [0.3, 0.4) is 0 Å². The molecule has 0 spiro atoms. The highest BCUT2D eigenvalue weighted by atomic mass is 15.4. The molecule has 2 unspecified atom stereocenters. The zero-order valence-corrected chi connectivity index (χ0v) is 12.0. The first-order valence-electron chi connectivity index (χ1n) is 7.16. The Kier molecular flexibility index (Phi) is 3.80. The number of nitrogens with zero attached hydrogens (tertiary/aromatic N) is 4. The van der Waals surface area contributed by atoms with Crippen LogP contribution in [0.4, 0.5) is 0 Å². The summed E-state index contributed by atoms with van der Waals surface area (Å²) in [6.45, 7) is 7.42. The molecule has 0 amide bonds. The second kappa shape index (κ2) is 5.73. The first-order valence-corrected chi connectivity index (χ1v) is 7.16. The molecule has 1 aromatic heterocycles. The Morgan fingerprint density at radius 1 is 1.25 bits per heavy atom. The van der Waals surface area contributed by atoms with Gasteiger partial charge in [-0.15, -0.1) is 5.10 Å². The second-order valence-electron chi connectivity index (χ2n) is 5.58. The molecule has 20 heavy (non-hydrogen) atoms. The van der Waals surface area contributed by atoms with E-state index in [0.717, 1.165) is 31.0 Å². The largest absolute Gasteiger partial charge is 0.311 e. The van der Waals surface area contributed by atoms with Crippen molar-refractivity contribution in [2.75, 3.05) is 13.1 Å². The summed E-state index contributed by atoms with van der Waals surface area (Å²) in [5, 5.41) is 12.0. The van der Waals surface area contributed by atoms with E-state index in [2.05, 4.69) is 34.4 Å². The van der Waals surface area contributed by atoms with Gasteiger partial charge in [0, 0.05) is 31.7 Å². The number of nitrogens with one attached hydrogen (secondary N) is 1. The minimum absolute atomic E-state index is 0.535. The van der Waals surface area contributed by atoms with Crippen LogP contribution in [0.15, 0.2) is 36.5 Å². The van der Waals surface area contributed by atoms with Gasteiger partial charge in [-0.1, -0.05) is 23.4 Å². The molecule has 106 valence electrons. The van der Waals surface area contributed by atoms with E-state index in [9.17, 15) is 0 Å². The van der Waals surface area contributed by atoms with Crippen LogP contribution in [-0.4, -0.2) is 45.1 Å². The summed E-state index contributed by atoms with van der Waals surface area (Å²) >= 11 is 0. The molecule has 1 aliphatic rings. The first kappa shape index (κ1) is 13.3. The third kappa shape index (κ3) is 2.89. The summed E-state index contributed by atoms with van der Waals surface area (Å²) in [6.07, 6.45) is 2.02. The van der Waals surface area contributed by atoms with Crippen LogP contribution in [0.1, 0.15) is 19.5 Å². The smallest absolute Gasteiger partial charge is 0.0971 e. The van der Waals surface area contributed by atoms with E-state index in [-0.39, 0.29) is 0 Å². The van der Waals surface area contributed by atoms with Crippen LogP contribution >= 0.6 is 0 Å². The van der Waals surface area contributed by atoms with Gasteiger partial charge in [-0.25, -0.2) is 4.68 Å². The van der Waals surface area contributed by atoms with Crippen LogP contribution < -0.4 is 5.32 Å². The summed E-state index contributed by atoms with van der Waals surface area (Å²) in [5.74, 6) is 0. The van der Waals surface area contributed by atoms with Crippen molar-refractivity contribution >= 4 is 0 Å². The van der Waals surface area contributed by atoms with E-state index in [0.29, 0.717) is 12.1 Å². The molecule has 0 saturated carbocycles. The number of benzene rings is 1. The van der Waals surface area contributed by atoms with Gasteiger partial charge in [-0.2, -0.15) is 0 Å². The molecule has 1 aliphatic heterocycles. The van der Waals surface area contributed by atoms with Crippen molar-refractivity contribution in [2.45, 2.75) is 32.5 Å². The summed E-state index contributed by atoms with van der Waals surface area (Å²) in [4.78, 5) is 2.46. The van der Waals surface area contributed by atoms with Gasteiger partial charge >= 0.3 is 0 Å². The molecular weight excluding hydrogens is 250 g/mol. The standard InChI is InChI=1S/C15H21N5/c1-12-9-19(13(2)8-16-12)10-14-11-20(18-17-14)15-6-4-3-5-7-15/h3-7,11-13,16H,8-10H2,1-2H3. The van der Waals surface area contributed by atoms with E-state index in [4.69, 9.17) is 0 Å². The molecule has 1 N–H and O–H groups in total. The molecule has 0 aliphatic carbocycles. The summed E-state index contributed by atoms with van der Waals surface area (Å²) in [6, 6.07) is 11.2. The topological polar surface area (TPSA) is 46.0 Å². The van der Waals surface area contributed by atoms with Gasteiger partial charge in [0.2, 0.25) is 0 Å². The van der Waals surface area contributed by atoms with Crippen molar-refractivity contribution in [3.63, 3.8) is 0 Å². The van der Waals surface area contributed by atoms with Crippen LogP contribution in [0, 0.1) is 0 Å². The predicted molar refractivity (Wildman–Crippen MR) is 78.7 cm³/mol. The zero-order chi connectivity index (χ0) is 13.9. The fourth-order valence-corrected chi connectivity index (χ4v) is 2.60. The maximum absolute atomic E-state index is 4.30. The number of piperazine rings is 1. The van der Waals surface area contributed by atoms with Crippen LogP contribution in [0.5, 0.6) is 0 Å². The predicted octanol–water partition coefficient (Wildman–Crippen LogP) is 1.45. The van der Waals surface area contributed by atoms with Crippen molar-refractivity contribution < 1.29 is 0 Å². The quantitative estimate of drug-likeness (QED) is 0.918. The van der Waals surface area contributed by atoms with Crippen molar-refractivity contribution in [2.24, 2.45) is 0 Å². The third-order valence-electron chi connectivity index (χ3n) is 3.82. The first-order chi connectivity index (χ1) is 9.72. The summed E-state index contributed by atoms with van der Waals surface area (Å²) in [7, 11) is 0. The molecule has 5 heteroatoms. The Balaban J connectivity index is 1.71. The average Bonchev–Trinajstić information content (AvgIpc) is 2.92. The Hall–Kier alpha value is -1.72. The molecular formula is C15H21N5. The molecule has 2 heterocycles. The number of rotatable bonds is 3. The second-order valence-corrected chi connectivity index (χ2v) is 5.58. The van der Waals surface area contributed by atoms with Gasteiger partial charge < -0.3 is 5.32 Å². The minimum Gasteiger partial charge on any atom is -0.311 e. The van der Waals surface area contributed by atoms with Crippen molar-refractivity contribution in [3.05, 3.63) is 42.2 Å². The molecule has 0 radical (unpaired) electrons.